The number of piperidine rings is 1. The molecule has 0 aliphatic carbocycles. The number of hydrogen-bond acceptors (Lipinski definition) is 2. The first-order valence-electron chi connectivity index (χ1n) is 5.83. The molecule has 0 saturated carbocycles. The second kappa shape index (κ2) is 3.49. The minimum atomic E-state index is 0.412. The van der Waals surface area contributed by atoms with Crippen LogP contribution in [0, 0.1) is 11.5 Å². The van der Waals surface area contributed by atoms with E-state index in [-0.39, 0.29) is 0 Å². The van der Waals surface area contributed by atoms with Gasteiger partial charge in [-0.15, -0.1) is 0 Å². The quantitative estimate of drug-likeness (QED) is 0.694. The number of hydrogen-bond donors (Lipinski definition) is 1. The maximum atomic E-state index is 6.03. The van der Waals surface area contributed by atoms with E-state index in [4.69, 9.17) is 5.73 Å². The number of fused-ring (bicyclic) bond motifs is 2. The third-order valence-electron chi connectivity index (χ3n) is 3.33. The molecule has 2 saturated heterocycles. The van der Waals surface area contributed by atoms with Crippen LogP contribution in [0.1, 0.15) is 46.5 Å². The van der Waals surface area contributed by atoms with Crippen molar-refractivity contribution in [3.8, 4) is 0 Å². The van der Waals surface area contributed by atoms with Gasteiger partial charge in [-0.3, -0.25) is 4.90 Å². The molecule has 2 heterocycles. The molecule has 2 N–H and O–H groups in total. The molecule has 2 unspecified atom stereocenters. The SMILES string of the molecule is CC(C)(C)CN1[C]2CCC1CC(N)C2. The van der Waals surface area contributed by atoms with E-state index >= 15 is 0 Å². The molecule has 81 valence electrons. The van der Waals surface area contributed by atoms with E-state index < -0.39 is 0 Å². The van der Waals surface area contributed by atoms with E-state index in [1.807, 2.05) is 0 Å². The molecule has 2 aliphatic heterocycles. The highest BCUT2D eigenvalue weighted by atomic mass is 15.2. The Balaban J connectivity index is 2.01. The molecule has 0 aromatic carbocycles. The van der Waals surface area contributed by atoms with Crippen LogP contribution in [-0.4, -0.2) is 23.5 Å². The van der Waals surface area contributed by atoms with Gasteiger partial charge in [0.1, 0.15) is 0 Å². The monoisotopic (exact) mass is 195 g/mol. The summed E-state index contributed by atoms with van der Waals surface area (Å²) >= 11 is 0. The van der Waals surface area contributed by atoms with Gasteiger partial charge in [0.2, 0.25) is 0 Å². The van der Waals surface area contributed by atoms with Crippen LogP contribution >= 0.6 is 0 Å². The number of nitrogens with zero attached hydrogens (tertiary/aromatic N) is 1. The van der Waals surface area contributed by atoms with Gasteiger partial charge in [0.25, 0.3) is 0 Å². The van der Waals surface area contributed by atoms with Gasteiger partial charge in [-0.05, 0) is 31.1 Å². The third-order valence-corrected chi connectivity index (χ3v) is 3.33. The van der Waals surface area contributed by atoms with Crippen molar-refractivity contribution in [2.45, 2.75) is 58.5 Å². The van der Waals surface area contributed by atoms with E-state index in [0.29, 0.717) is 11.5 Å². The van der Waals surface area contributed by atoms with Gasteiger partial charge < -0.3 is 5.73 Å². The highest BCUT2D eigenvalue weighted by Crippen LogP contribution is 2.41. The fourth-order valence-corrected chi connectivity index (χ4v) is 2.84. The summed E-state index contributed by atoms with van der Waals surface area (Å²) in [6.07, 6.45) is 5.00. The molecular formula is C12H23N2. The molecule has 2 aliphatic rings. The van der Waals surface area contributed by atoms with E-state index in [1.54, 1.807) is 6.04 Å². The van der Waals surface area contributed by atoms with Crippen LogP contribution in [0.15, 0.2) is 0 Å². The number of rotatable bonds is 1. The Labute approximate surface area is 87.8 Å². The first-order valence-corrected chi connectivity index (χ1v) is 5.83. The van der Waals surface area contributed by atoms with E-state index in [9.17, 15) is 0 Å². The topological polar surface area (TPSA) is 29.3 Å². The molecule has 1 radical (unpaired) electrons. The predicted octanol–water partition coefficient (Wildman–Crippen LogP) is 2.15. The first-order chi connectivity index (χ1) is 6.46. The Kier molecular flexibility index (Phi) is 2.61. The summed E-state index contributed by atoms with van der Waals surface area (Å²) in [6, 6.07) is 2.82. The zero-order chi connectivity index (χ0) is 10.3. The summed E-state index contributed by atoms with van der Waals surface area (Å²) in [5.74, 6) is 0. The summed E-state index contributed by atoms with van der Waals surface area (Å²) in [5, 5.41) is 0. The van der Waals surface area contributed by atoms with E-state index in [1.165, 1.54) is 25.8 Å². The van der Waals surface area contributed by atoms with E-state index in [2.05, 4.69) is 25.7 Å². The standard InChI is InChI=1S/C12H23N2/c1-12(2,3)8-14-10-4-5-11(14)7-9(13)6-10/h9-10H,4-8,13H2,1-3H3. The fourth-order valence-electron chi connectivity index (χ4n) is 2.84. The predicted molar refractivity (Wildman–Crippen MR) is 59.6 cm³/mol. The molecule has 2 nitrogen and oxygen atoms in total. The van der Waals surface area contributed by atoms with Crippen LogP contribution in [0.5, 0.6) is 0 Å². The lowest BCUT2D eigenvalue weighted by atomic mass is 9.91. The second-order valence-electron chi connectivity index (χ2n) is 6.15. The molecule has 2 bridgehead atoms. The lowest BCUT2D eigenvalue weighted by Crippen LogP contribution is -2.46. The van der Waals surface area contributed by atoms with Crippen molar-refractivity contribution in [2.24, 2.45) is 11.1 Å². The summed E-state index contributed by atoms with van der Waals surface area (Å²) in [5.41, 5.74) is 6.45. The molecule has 0 aromatic heterocycles. The molecule has 2 fully saturated rings. The first kappa shape index (κ1) is 10.4. The lowest BCUT2D eigenvalue weighted by Gasteiger charge is -2.40. The van der Waals surface area contributed by atoms with Gasteiger partial charge in [-0.1, -0.05) is 20.8 Å². The molecule has 0 spiro atoms. The van der Waals surface area contributed by atoms with Crippen LogP contribution in [-0.2, 0) is 0 Å². The van der Waals surface area contributed by atoms with Crippen molar-refractivity contribution in [3.05, 3.63) is 6.04 Å². The minimum absolute atomic E-state index is 0.412. The zero-order valence-corrected chi connectivity index (χ0v) is 9.71. The Hall–Kier alpha value is -0.0800. The molecule has 0 aromatic rings. The smallest absolute Gasteiger partial charge is 0.0412 e. The van der Waals surface area contributed by atoms with Crippen LogP contribution < -0.4 is 5.73 Å². The Morgan fingerprint density at radius 3 is 2.71 bits per heavy atom. The van der Waals surface area contributed by atoms with E-state index in [0.717, 1.165) is 12.5 Å². The molecular weight excluding hydrogens is 172 g/mol. The summed E-state index contributed by atoms with van der Waals surface area (Å²) in [4.78, 5) is 2.64. The van der Waals surface area contributed by atoms with Crippen molar-refractivity contribution in [3.63, 3.8) is 0 Å². The lowest BCUT2D eigenvalue weighted by molar-refractivity contribution is 0.135. The van der Waals surface area contributed by atoms with Crippen LogP contribution in [0.25, 0.3) is 0 Å². The van der Waals surface area contributed by atoms with Crippen LogP contribution in [0.2, 0.25) is 0 Å². The summed E-state index contributed by atoms with van der Waals surface area (Å²) in [6.45, 7) is 8.17. The Morgan fingerprint density at radius 2 is 2.14 bits per heavy atom. The van der Waals surface area contributed by atoms with Crippen molar-refractivity contribution in [1.29, 1.82) is 0 Å². The fraction of sp³-hybridized carbons (Fsp3) is 0.917. The average Bonchev–Trinajstić information content (AvgIpc) is 2.31. The highest BCUT2D eigenvalue weighted by molar-refractivity contribution is 5.08. The highest BCUT2D eigenvalue weighted by Gasteiger charge is 2.41. The third kappa shape index (κ3) is 2.12. The maximum absolute atomic E-state index is 6.03. The van der Waals surface area contributed by atoms with Gasteiger partial charge in [-0.25, -0.2) is 0 Å². The van der Waals surface area contributed by atoms with Gasteiger partial charge in [0, 0.05) is 24.7 Å². The summed E-state index contributed by atoms with van der Waals surface area (Å²) in [7, 11) is 0. The molecule has 2 rings (SSSR count). The molecule has 14 heavy (non-hydrogen) atoms. The van der Waals surface area contributed by atoms with Crippen molar-refractivity contribution >= 4 is 0 Å². The van der Waals surface area contributed by atoms with Gasteiger partial charge in [0.15, 0.2) is 0 Å². The largest absolute Gasteiger partial charge is 0.328 e. The average molecular weight is 195 g/mol. The zero-order valence-electron chi connectivity index (χ0n) is 9.71. The molecule has 2 heteroatoms. The van der Waals surface area contributed by atoms with Crippen LogP contribution in [0.4, 0.5) is 0 Å². The van der Waals surface area contributed by atoms with Gasteiger partial charge in [-0.2, -0.15) is 0 Å². The number of nitrogens with two attached hydrogens (primary N) is 1. The van der Waals surface area contributed by atoms with Crippen molar-refractivity contribution in [2.75, 3.05) is 6.54 Å². The van der Waals surface area contributed by atoms with Crippen molar-refractivity contribution < 1.29 is 0 Å². The molecule has 0 amide bonds. The van der Waals surface area contributed by atoms with Crippen molar-refractivity contribution in [1.82, 2.24) is 4.90 Å². The normalized spacial score (nSPS) is 35.1. The van der Waals surface area contributed by atoms with Gasteiger partial charge in [0.05, 0.1) is 0 Å². The summed E-state index contributed by atoms with van der Waals surface area (Å²) < 4.78 is 0. The maximum Gasteiger partial charge on any atom is 0.0412 e. The Bertz CT molecular complexity index is 193. The van der Waals surface area contributed by atoms with Gasteiger partial charge >= 0.3 is 0 Å². The molecule has 2 atom stereocenters. The van der Waals surface area contributed by atoms with Crippen LogP contribution in [0.3, 0.4) is 0 Å². The Morgan fingerprint density at radius 1 is 1.43 bits per heavy atom. The minimum Gasteiger partial charge on any atom is -0.328 e. The second-order valence-corrected chi connectivity index (χ2v) is 6.15.